The van der Waals surface area contributed by atoms with Gasteiger partial charge < -0.3 is 10.1 Å². The Morgan fingerprint density at radius 1 is 1.33 bits per heavy atom. The van der Waals surface area contributed by atoms with E-state index in [1.54, 1.807) is 19.5 Å². The van der Waals surface area contributed by atoms with Gasteiger partial charge >= 0.3 is 0 Å². The number of nitrogens with zero attached hydrogens (tertiary/aromatic N) is 3. The molecule has 0 saturated heterocycles. The van der Waals surface area contributed by atoms with Gasteiger partial charge in [0.1, 0.15) is 5.75 Å². The van der Waals surface area contributed by atoms with Crippen LogP contribution in [0.2, 0.25) is 0 Å². The second kappa shape index (κ2) is 6.39. The maximum Gasteiger partial charge on any atom is 0.269 e. The quantitative estimate of drug-likeness (QED) is 0.907. The van der Waals surface area contributed by atoms with Gasteiger partial charge in [-0.05, 0) is 20.8 Å². The van der Waals surface area contributed by atoms with Crippen LogP contribution >= 0.6 is 0 Å². The number of rotatable bonds is 5. The molecule has 0 aliphatic carbocycles. The topological polar surface area (TPSA) is 69.0 Å². The van der Waals surface area contributed by atoms with Gasteiger partial charge in [-0.1, -0.05) is 0 Å². The molecule has 0 saturated carbocycles. The highest BCUT2D eigenvalue weighted by molar-refractivity contribution is 5.41. The van der Waals surface area contributed by atoms with Crippen LogP contribution in [0.4, 0.5) is 5.69 Å². The number of pyridine rings is 1. The van der Waals surface area contributed by atoms with Crippen molar-refractivity contribution in [3.05, 3.63) is 45.6 Å². The SMILES string of the molecule is CCNc1cnn(Cc2ncc(C)c(OC)c2C)c(=O)c1. The number of aryl methyl sites for hydroxylation is 1. The lowest BCUT2D eigenvalue weighted by molar-refractivity contribution is 0.406. The van der Waals surface area contributed by atoms with Gasteiger partial charge in [0.25, 0.3) is 5.56 Å². The predicted octanol–water partition coefficient (Wildman–Crippen LogP) is 1.74. The molecule has 2 aromatic heterocycles. The van der Waals surface area contributed by atoms with Crippen LogP contribution in [0.5, 0.6) is 5.75 Å². The van der Waals surface area contributed by atoms with E-state index in [0.29, 0.717) is 6.54 Å². The third-order valence-electron chi connectivity index (χ3n) is 3.30. The summed E-state index contributed by atoms with van der Waals surface area (Å²) < 4.78 is 6.77. The number of hydrogen-bond donors (Lipinski definition) is 1. The van der Waals surface area contributed by atoms with E-state index in [-0.39, 0.29) is 5.56 Å². The summed E-state index contributed by atoms with van der Waals surface area (Å²) in [5.74, 6) is 0.803. The molecule has 0 aromatic carbocycles. The van der Waals surface area contributed by atoms with Crippen LogP contribution in [0, 0.1) is 13.8 Å². The average molecular weight is 288 g/mol. The molecule has 0 amide bonds. The van der Waals surface area contributed by atoms with E-state index >= 15 is 0 Å². The molecule has 0 radical (unpaired) electrons. The molecule has 2 heterocycles. The zero-order chi connectivity index (χ0) is 15.4. The van der Waals surface area contributed by atoms with Crippen LogP contribution in [0.15, 0.2) is 23.3 Å². The predicted molar refractivity (Wildman–Crippen MR) is 82.0 cm³/mol. The van der Waals surface area contributed by atoms with E-state index in [0.717, 1.165) is 34.8 Å². The summed E-state index contributed by atoms with van der Waals surface area (Å²) in [6, 6.07) is 1.54. The fourth-order valence-electron chi connectivity index (χ4n) is 2.23. The van der Waals surface area contributed by atoms with Crippen LogP contribution < -0.4 is 15.6 Å². The van der Waals surface area contributed by atoms with E-state index in [1.807, 2.05) is 20.8 Å². The van der Waals surface area contributed by atoms with Crippen LogP contribution in [-0.2, 0) is 6.54 Å². The molecule has 2 aromatic rings. The van der Waals surface area contributed by atoms with Gasteiger partial charge in [-0.25, -0.2) is 4.68 Å². The Labute approximate surface area is 123 Å². The van der Waals surface area contributed by atoms with Crippen molar-refractivity contribution in [3.8, 4) is 5.75 Å². The Morgan fingerprint density at radius 2 is 2.10 bits per heavy atom. The standard InChI is InChI=1S/C15H20N4O2/c1-5-16-12-6-14(20)19(18-8-12)9-13-11(3)15(21-4)10(2)7-17-13/h6-8,16H,5,9H2,1-4H3. The molecule has 0 fully saturated rings. The van der Waals surface area contributed by atoms with Crippen molar-refractivity contribution in [2.24, 2.45) is 0 Å². The summed E-state index contributed by atoms with van der Waals surface area (Å²) >= 11 is 0. The third-order valence-corrected chi connectivity index (χ3v) is 3.30. The first kappa shape index (κ1) is 15.0. The Morgan fingerprint density at radius 3 is 2.71 bits per heavy atom. The van der Waals surface area contributed by atoms with E-state index in [9.17, 15) is 4.79 Å². The summed E-state index contributed by atoms with van der Waals surface area (Å²) in [4.78, 5) is 16.4. The van der Waals surface area contributed by atoms with Crippen molar-refractivity contribution in [1.82, 2.24) is 14.8 Å². The van der Waals surface area contributed by atoms with Crippen molar-refractivity contribution in [2.75, 3.05) is 19.0 Å². The van der Waals surface area contributed by atoms with E-state index in [2.05, 4.69) is 15.4 Å². The van der Waals surface area contributed by atoms with Gasteiger partial charge in [0, 0.05) is 29.9 Å². The molecule has 0 bridgehead atoms. The molecule has 0 unspecified atom stereocenters. The van der Waals surface area contributed by atoms with Crippen molar-refractivity contribution < 1.29 is 4.74 Å². The molecule has 6 heteroatoms. The fraction of sp³-hybridized carbons (Fsp3) is 0.400. The first-order valence-electron chi connectivity index (χ1n) is 6.87. The highest BCUT2D eigenvalue weighted by Crippen LogP contribution is 2.24. The summed E-state index contributed by atoms with van der Waals surface area (Å²) in [7, 11) is 1.63. The Kier molecular flexibility index (Phi) is 4.57. The first-order valence-corrected chi connectivity index (χ1v) is 6.87. The molecular weight excluding hydrogens is 268 g/mol. The average Bonchev–Trinajstić information content (AvgIpc) is 2.45. The molecule has 6 nitrogen and oxygen atoms in total. The molecule has 2 rings (SSSR count). The van der Waals surface area contributed by atoms with Gasteiger partial charge in [-0.3, -0.25) is 9.78 Å². The Balaban J connectivity index is 2.33. The summed E-state index contributed by atoms with van der Waals surface area (Å²) in [6.45, 7) is 6.93. The van der Waals surface area contributed by atoms with Gasteiger partial charge in [0.2, 0.25) is 0 Å². The Bertz CT molecular complexity index is 695. The van der Waals surface area contributed by atoms with Gasteiger partial charge in [-0.2, -0.15) is 5.10 Å². The summed E-state index contributed by atoms with van der Waals surface area (Å²) in [5.41, 5.74) is 3.26. The largest absolute Gasteiger partial charge is 0.496 e. The minimum Gasteiger partial charge on any atom is -0.496 e. The molecule has 112 valence electrons. The van der Waals surface area contributed by atoms with Crippen LogP contribution in [-0.4, -0.2) is 28.4 Å². The molecule has 0 atom stereocenters. The number of ether oxygens (including phenoxy) is 1. The molecule has 1 N–H and O–H groups in total. The minimum absolute atomic E-state index is 0.158. The zero-order valence-electron chi connectivity index (χ0n) is 12.8. The molecule has 21 heavy (non-hydrogen) atoms. The maximum atomic E-state index is 12.1. The van der Waals surface area contributed by atoms with Gasteiger partial charge in [-0.15, -0.1) is 0 Å². The van der Waals surface area contributed by atoms with Crippen molar-refractivity contribution in [1.29, 1.82) is 0 Å². The van der Waals surface area contributed by atoms with E-state index < -0.39 is 0 Å². The normalized spacial score (nSPS) is 10.5. The highest BCUT2D eigenvalue weighted by atomic mass is 16.5. The first-order chi connectivity index (χ1) is 10.1. The number of methoxy groups -OCH3 is 1. The van der Waals surface area contributed by atoms with Crippen LogP contribution in [0.1, 0.15) is 23.7 Å². The molecular formula is C15H20N4O2. The second-order valence-corrected chi connectivity index (χ2v) is 4.82. The van der Waals surface area contributed by atoms with Crippen LogP contribution in [0.3, 0.4) is 0 Å². The smallest absolute Gasteiger partial charge is 0.269 e. The summed E-state index contributed by atoms with van der Waals surface area (Å²) in [5, 5.41) is 7.24. The summed E-state index contributed by atoms with van der Waals surface area (Å²) in [6.07, 6.45) is 3.39. The van der Waals surface area contributed by atoms with Crippen molar-refractivity contribution >= 4 is 5.69 Å². The molecule has 0 spiro atoms. The highest BCUT2D eigenvalue weighted by Gasteiger charge is 2.11. The van der Waals surface area contributed by atoms with E-state index in [1.165, 1.54) is 10.7 Å². The zero-order valence-corrected chi connectivity index (χ0v) is 12.8. The van der Waals surface area contributed by atoms with Crippen LogP contribution in [0.25, 0.3) is 0 Å². The Hall–Kier alpha value is -2.37. The number of nitrogens with one attached hydrogen (secondary N) is 1. The van der Waals surface area contributed by atoms with Crippen molar-refractivity contribution in [3.63, 3.8) is 0 Å². The molecule has 0 aliphatic rings. The number of hydrogen-bond acceptors (Lipinski definition) is 5. The maximum absolute atomic E-state index is 12.1. The van der Waals surface area contributed by atoms with Gasteiger partial charge in [0.05, 0.1) is 31.2 Å². The minimum atomic E-state index is -0.158. The lowest BCUT2D eigenvalue weighted by Gasteiger charge is -2.13. The van der Waals surface area contributed by atoms with Crippen molar-refractivity contribution in [2.45, 2.75) is 27.3 Å². The fourth-order valence-corrected chi connectivity index (χ4v) is 2.23. The lowest BCUT2D eigenvalue weighted by atomic mass is 10.1. The number of aromatic nitrogens is 3. The van der Waals surface area contributed by atoms with E-state index in [4.69, 9.17) is 4.74 Å². The lowest BCUT2D eigenvalue weighted by Crippen LogP contribution is -2.24. The monoisotopic (exact) mass is 288 g/mol. The molecule has 0 aliphatic heterocycles. The second-order valence-electron chi connectivity index (χ2n) is 4.82. The van der Waals surface area contributed by atoms with Gasteiger partial charge in [0.15, 0.2) is 0 Å². The number of anilines is 1. The third kappa shape index (κ3) is 3.21.